The van der Waals surface area contributed by atoms with Crippen molar-refractivity contribution < 1.29 is 28.2 Å². The van der Waals surface area contributed by atoms with Crippen LogP contribution < -0.4 is 10.1 Å². The van der Waals surface area contributed by atoms with Gasteiger partial charge in [-0.2, -0.15) is 0 Å². The van der Waals surface area contributed by atoms with Gasteiger partial charge in [-0.25, -0.2) is 4.39 Å². The molecule has 2 fully saturated rings. The fraction of sp³-hybridized carbons (Fsp3) is 0.300. The van der Waals surface area contributed by atoms with Crippen molar-refractivity contribution in [3.63, 3.8) is 0 Å². The lowest BCUT2D eigenvalue weighted by Gasteiger charge is -2.44. The number of likely N-dealkylation sites (tertiary alicyclic amines) is 1. The van der Waals surface area contributed by atoms with Crippen LogP contribution in [0.3, 0.4) is 0 Å². The summed E-state index contributed by atoms with van der Waals surface area (Å²) in [5, 5.41) is 2.93. The zero-order chi connectivity index (χ0) is 27.4. The topological polar surface area (TPSA) is 88.2 Å². The summed E-state index contributed by atoms with van der Waals surface area (Å²) >= 11 is 0. The first kappa shape index (κ1) is 26.4. The average Bonchev–Trinajstić information content (AvgIpc) is 3.34. The van der Waals surface area contributed by atoms with Gasteiger partial charge in [0.1, 0.15) is 23.3 Å². The summed E-state index contributed by atoms with van der Waals surface area (Å²) in [5.41, 5.74) is 0.222. The Balaban J connectivity index is 1.38. The van der Waals surface area contributed by atoms with Crippen molar-refractivity contribution in [1.29, 1.82) is 0 Å². The Morgan fingerprint density at radius 1 is 0.974 bits per heavy atom. The van der Waals surface area contributed by atoms with Gasteiger partial charge in [0.25, 0.3) is 11.8 Å². The number of nitrogens with zero attached hydrogens (tertiary/aromatic N) is 2. The van der Waals surface area contributed by atoms with Gasteiger partial charge in [-0.3, -0.25) is 19.3 Å². The molecule has 3 aromatic rings. The molecule has 0 aliphatic carbocycles. The number of nitrogens with one attached hydrogen (secondary N) is 1. The van der Waals surface area contributed by atoms with Gasteiger partial charge < -0.3 is 19.7 Å². The van der Waals surface area contributed by atoms with Gasteiger partial charge in [0.15, 0.2) is 0 Å². The highest BCUT2D eigenvalue weighted by Crippen LogP contribution is 2.39. The van der Waals surface area contributed by atoms with Crippen LogP contribution in [0, 0.1) is 5.82 Å². The van der Waals surface area contributed by atoms with Gasteiger partial charge in [0, 0.05) is 38.0 Å². The molecule has 9 heteroatoms. The lowest BCUT2D eigenvalue weighted by molar-refractivity contribution is -0.128. The molecule has 2 heterocycles. The van der Waals surface area contributed by atoms with E-state index in [2.05, 4.69) is 5.32 Å². The fourth-order valence-corrected chi connectivity index (χ4v) is 5.23. The second-order valence-electron chi connectivity index (χ2n) is 9.66. The number of benzene rings is 3. The van der Waals surface area contributed by atoms with Gasteiger partial charge in [-0.05, 0) is 35.9 Å². The summed E-state index contributed by atoms with van der Waals surface area (Å²) in [5.74, 6) is -1.16. The molecule has 1 unspecified atom stereocenters. The van der Waals surface area contributed by atoms with Crippen LogP contribution in [0.5, 0.6) is 5.75 Å². The van der Waals surface area contributed by atoms with E-state index in [0.29, 0.717) is 17.9 Å². The summed E-state index contributed by atoms with van der Waals surface area (Å²) in [6, 6.07) is 21.3. The molecule has 1 atom stereocenters. The summed E-state index contributed by atoms with van der Waals surface area (Å²) in [6.07, 6.45) is 0.566. The molecule has 2 aliphatic heterocycles. The second kappa shape index (κ2) is 11.2. The maximum absolute atomic E-state index is 14.3. The maximum atomic E-state index is 14.3. The molecule has 5 rings (SSSR count). The number of hydrogen-bond acceptors (Lipinski definition) is 5. The van der Waals surface area contributed by atoms with Crippen LogP contribution in [-0.4, -0.2) is 66.1 Å². The quantitative estimate of drug-likeness (QED) is 0.525. The highest BCUT2D eigenvalue weighted by atomic mass is 19.1. The molecule has 0 radical (unpaired) electrons. The van der Waals surface area contributed by atoms with Crippen LogP contribution in [0.15, 0.2) is 78.9 Å². The Kier molecular flexibility index (Phi) is 7.60. The molecular formula is C30H30FN3O5. The van der Waals surface area contributed by atoms with Crippen molar-refractivity contribution >= 4 is 17.7 Å². The molecule has 0 aromatic heterocycles. The number of methoxy groups -OCH3 is 1. The highest BCUT2D eigenvalue weighted by molar-refractivity contribution is 5.99. The third kappa shape index (κ3) is 5.35. The Morgan fingerprint density at radius 3 is 2.41 bits per heavy atom. The van der Waals surface area contributed by atoms with Gasteiger partial charge in [0.05, 0.1) is 19.3 Å². The third-order valence-electron chi connectivity index (χ3n) is 7.34. The second-order valence-corrected chi connectivity index (χ2v) is 9.66. The number of carbonyl (C=O) groups is 3. The van der Waals surface area contributed by atoms with E-state index in [1.54, 1.807) is 35.2 Å². The summed E-state index contributed by atoms with van der Waals surface area (Å²) in [4.78, 5) is 43.4. The predicted molar refractivity (Wildman–Crippen MR) is 141 cm³/mol. The first-order chi connectivity index (χ1) is 18.9. The Labute approximate surface area is 226 Å². The molecule has 2 saturated heterocycles. The molecule has 3 aromatic carbocycles. The molecule has 8 nitrogen and oxygen atoms in total. The monoisotopic (exact) mass is 531 g/mol. The van der Waals surface area contributed by atoms with Crippen LogP contribution in [0.2, 0.25) is 0 Å². The van der Waals surface area contributed by atoms with Crippen molar-refractivity contribution in [2.24, 2.45) is 0 Å². The lowest BCUT2D eigenvalue weighted by atomic mass is 9.96. The van der Waals surface area contributed by atoms with Gasteiger partial charge in [-0.15, -0.1) is 0 Å². The number of rotatable bonds is 6. The van der Waals surface area contributed by atoms with Crippen molar-refractivity contribution in [2.45, 2.75) is 31.2 Å². The fourth-order valence-electron chi connectivity index (χ4n) is 5.23. The number of hydrogen-bond donors (Lipinski definition) is 1. The van der Waals surface area contributed by atoms with Crippen LogP contribution in [0.1, 0.15) is 39.1 Å². The normalized spacial score (nSPS) is 18.2. The standard InChI is InChI=1S/C30H30FN3O5/c1-38-23-11-7-10-22(18-23)28(36)34-26(27(35)32-19-21-8-3-2-4-9-21)20-39-30(34)14-16-33(17-15-30)29(37)24-12-5-6-13-25(24)31/h2-13,18,26H,14-17,19-20H2,1H3,(H,32,35). The van der Waals surface area contributed by atoms with E-state index < -0.39 is 23.5 Å². The van der Waals surface area contributed by atoms with E-state index in [4.69, 9.17) is 9.47 Å². The number of halogens is 1. The first-order valence-electron chi connectivity index (χ1n) is 12.9. The summed E-state index contributed by atoms with van der Waals surface area (Å²) < 4.78 is 25.8. The first-order valence-corrected chi connectivity index (χ1v) is 12.9. The molecule has 1 spiro atoms. The number of piperidine rings is 1. The van der Waals surface area contributed by atoms with E-state index in [1.807, 2.05) is 30.3 Å². The van der Waals surface area contributed by atoms with Gasteiger partial charge >= 0.3 is 0 Å². The number of ether oxygens (including phenoxy) is 2. The van der Waals surface area contributed by atoms with Crippen molar-refractivity contribution in [1.82, 2.24) is 15.1 Å². The minimum Gasteiger partial charge on any atom is -0.497 e. The Morgan fingerprint density at radius 2 is 1.69 bits per heavy atom. The largest absolute Gasteiger partial charge is 0.497 e. The molecular weight excluding hydrogens is 501 g/mol. The van der Waals surface area contributed by atoms with Crippen LogP contribution >= 0.6 is 0 Å². The lowest BCUT2D eigenvalue weighted by Crippen LogP contribution is -2.59. The van der Waals surface area contributed by atoms with Crippen molar-refractivity contribution in [3.05, 3.63) is 101 Å². The molecule has 3 amide bonds. The summed E-state index contributed by atoms with van der Waals surface area (Å²) in [6.45, 7) is 0.827. The molecule has 0 saturated carbocycles. The van der Waals surface area contributed by atoms with Crippen molar-refractivity contribution in [2.75, 3.05) is 26.8 Å². The minimum atomic E-state index is -1.08. The van der Waals surface area contributed by atoms with Gasteiger partial charge in [0.2, 0.25) is 5.91 Å². The molecule has 2 aliphatic rings. The SMILES string of the molecule is COc1cccc(C(=O)N2C(C(=O)NCc3ccccc3)COC23CCN(C(=O)c2ccccc2F)CC3)c1. The maximum Gasteiger partial charge on any atom is 0.257 e. The van der Waals surface area contributed by atoms with Gasteiger partial charge in [-0.1, -0.05) is 48.5 Å². The van der Waals surface area contributed by atoms with Crippen molar-refractivity contribution in [3.8, 4) is 5.75 Å². The molecule has 0 bridgehead atoms. The Hall–Kier alpha value is -4.24. The smallest absolute Gasteiger partial charge is 0.257 e. The van der Waals surface area contributed by atoms with E-state index in [0.717, 1.165) is 5.56 Å². The number of carbonyl (C=O) groups excluding carboxylic acids is 3. The zero-order valence-corrected chi connectivity index (χ0v) is 21.6. The molecule has 39 heavy (non-hydrogen) atoms. The number of amides is 3. The Bertz CT molecular complexity index is 1360. The van der Waals surface area contributed by atoms with E-state index in [9.17, 15) is 18.8 Å². The zero-order valence-electron chi connectivity index (χ0n) is 21.6. The highest BCUT2D eigenvalue weighted by Gasteiger charge is 2.54. The average molecular weight is 532 g/mol. The van der Waals surface area contributed by atoms with Crippen LogP contribution in [-0.2, 0) is 16.1 Å². The van der Waals surface area contributed by atoms with E-state index >= 15 is 0 Å². The minimum absolute atomic E-state index is 0.00303. The summed E-state index contributed by atoms with van der Waals surface area (Å²) in [7, 11) is 1.52. The predicted octanol–water partition coefficient (Wildman–Crippen LogP) is 3.62. The molecule has 202 valence electrons. The third-order valence-corrected chi connectivity index (χ3v) is 7.34. The van der Waals surface area contributed by atoms with Crippen LogP contribution in [0.25, 0.3) is 0 Å². The van der Waals surface area contributed by atoms with E-state index in [1.165, 1.54) is 30.2 Å². The van der Waals surface area contributed by atoms with Crippen LogP contribution in [0.4, 0.5) is 4.39 Å². The van der Waals surface area contributed by atoms with E-state index in [-0.39, 0.29) is 49.9 Å². The molecule has 1 N–H and O–H groups in total.